The molecule has 1 unspecified atom stereocenters. The highest BCUT2D eigenvalue weighted by Crippen LogP contribution is 2.24. The van der Waals surface area contributed by atoms with Gasteiger partial charge in [-0.3, -0.25) is 0 Å². The largest absolute Gasteiger partial charge is 0.0654 e. The van der Waals surface area contributed by atoms with E-state index in [2.05, 4.69) is 96.1 Å². The number of rotatable bonds is 5. The van der Waals surface area contributed by atoms with Crippen LogP contribution in [0.5, 0.6) is 0 Å². The Morgan fingerprint density at radius 1 is 0.833 bits per heavy atom. The molecule has 0 amide bonds. The molecule has 0 N–H and O–H groups in total. The van der Waals surface area contributed by atoms with Gasteiger partial charge in [-0.25, -0.2) is 0 Å². The molecular weight excluding hydrogens is 288 g/mol. The molecule has 0 aliphatic heterocycles. The van der Waals surface area contributed by atoms with E-state index in [1.165, 1.54) is 36.0 Å². The number of benzene rings is 2. The maximum atomic E-state index is 2.27. The Kier molecular flexibility index (Phi) is 8.82. The van der Waals surface area contributed by atoms with E-state index in [0.29, 0.717) is 11.3 Å². The summed E-state index contributed by atoms with van der Waals surface area (Å²) in [5, 5.41) is 0. The molecule has 0 nitrogen and oxygen atoms in total. The Bertz CT molecular complexity index is 543. The van der Waals surface area contributed by atoms with Gasteiger partial charge in [0, 0.05) is 0 Å². The monoisotopic (exact) mass is 324 g/mol. The smallest absolute Gasteiger partial charge is 0.0124 e. The summed E-state index contributed by atoms with van der Waals surface area (Å²) in [7, 11) is 0. The third-order valence-electron chi connectivity index (χ3n) is 4.37. The quantitative estimate of drug-likeness (QED) is 0.532. The van der Waals surface area contributed by atoms with Crippen molar-refractivity contribution in [2.24, 2.45) is 5.41 Å². The molecule has 0 heteroatoms. The van der Waals surface area contributed by atoms with E-state index >= 15 is 0 Å². The van der Waals surface area contributed by atoms with Gasteiger partial charge in [-0.1, -0.05) is 101 Å². The predicted octanol–water partition coefficient (Wildman–Crippen LogP) is 7.56. The molecule has 0 spiro atoms. The lowest BCUT2D eigenvalue weighted by atomic mass is 9.90. The molecule has 1 atom stereocenters. The molecule has 0 bridgehead atoms. The average molecular weight is 325 g/mol. The molecule has 2 aromatic carbocycles. The van der Waals surface area contributed by atoms with E-state index in [-0.39, 0.29) is 0 Å². The second kappa shape index (κ2) is 10.3. The van der Waals surface area contributed by atoms with Crippen LogP contribution in [0.1, 0.15) is 76.5 Å². The van der Waals surface area contributed by atoms with Crippen molar-refractivity contribution < 1.29 is 0 Å². The minimum Gasteiger partial charge on any atom is -0.0654 e. The van der Waals surface area contributed by atoms with Crippen LogP contribution in [0.15, 0.2) is 54.6 Å². The van der Waals surface area contributed by atoms with Crippen LogP contribution in [0.4, 0.5) is 0 Å². The minimum absolute atomic E-state index is 0.550. The second-order valence-electron chi connectivity index (χ2n) is 8.02. The van der Waals surface area contributed by atoms with Crippen molar-refractivity contribution in [2.75, 3.05) is 0 Å². The highest BCUT2D eigenvalue weighted by atomic mass is 14.1. The van der Waals surface area contributed by atoms with Crippen molar-refractivity contribution in [3.63, 3.8) is 0 Å². The van der Waals surface area contributed by atoms with Crippen LogP contribution in [0.3, 0.4) is 0 Å². The van der Waals surface area contributed by atoms with Crippen LogP contribution < -0.4 is 0 Å². The highest BCUT2D eigenvalue weighted by molar-refractivity contribution is 5.26. The first-order chi connectivity index (χ1) is 11.4. The SMILES string of the molecule is CCC(Cc1ccc(C)cc1)c1ccccc1.CCCC(C)(C)C. The molecule has 24 heavy (non-hydrogen) atoms. The summed E-state index contributed by atoms with van der Waals surface area (Å²) in [6.45, 7) is 13.5. The number of hydrogen-bond donors (Lipinski definition) is 0. The molecule has 2 rings (SSSR count). The maximum absolute atomic E-state index is 2.27. The van der Waals surface area contributed by atoms with Gasteiger partial charge >= 0.3 is 0 Å². The Morgan fingerprint density at radius 2 is 1.42 bits per heavy atom. The van der Waals surface area contributed by atoms with Crippen LogP contribution in [0.2, 0.25) is 0 Å². The maximum Gasteiger partial charge on any atom is -0.0124 e. The van der Waals surface area contributed by atoms with E-state index in [9.17, 15) is 0 Å². The summed E-state index contributed by atoms with van der Waals surface area (Å²) in [4.78, 5) is 0. The van der Waals surface area contributed by atoms with Crippen LogP contribution >= 0.6 is 0 Å². The van der Waals surface area contributed by atoms with Gasteiger partial charge in [0.05, 0.1) is 0 Å². The van der Waals surface area contributed by atoms with Gasteiger partial charge in [-0.2, -0.15) is 0 Å². The molecule has 0 aromatic heterocycles. The molecule has 0 heterocycles. The first-order valence-corrected chi connectivity index (χ1v) is 9.46. The summed E-state index contributed by atoms with van der Waals surface area (Å²) in [5.74, 6) is 0.638. The van der Waals surface area contributed by atoms with Gasteiger partial charge < -0.3 is 0 Å². The summed E-state index contributed by atoms with van der Waals surface area (Å²) in [5.41, 5.74) is 4.78. The Balaban J connectivity index is 0.000000351. The average Bonchev–Trinajstić information content (AvgIpc) is 2.54. The van der Waals surface area contributed by atoms with Crippen LogP contribution in [0, 0.1) is 12.3 Å². The lowest BCUT2D eigenvalue weighted by Gasteiger charge is -2.15. The Hall–Kier alpha value is -1.56. The van der Waals surface area contributed by atoms with Gasteiger partial charge in [0.1, 0.15) is 0 Å². The van der Waals surface area contributed by atoms with E-state index < -0.39 is 0 Å². The molecule has 132 valence electrons. The zero-order chi connectivity index (χ0) is 18.0. The molecule has 0 aliphatic rings. The van der Waals surface area contributed by atoms with Crippen molar-refractivity contribution in [2.45, 2.75) is 73.1 Å². The zero-order valence-corrected chi connectivity index (χ0v) is 16.6. The van der Waals surface area contributed by atoms with E-state index in [0.717, 1.165) is 6.42 Å². The van der Waals surface area contributed by atoms with Crippen molar-refractivity contribution in [3.05, 3.63) is 71.3 Å². The molecule has 2 aromatic rings. The summed E-state index contributed by atoms with van der Waals surface area (Å²) < 4.78 is 0. The third kappa shape index (κ3) is 8.34. The molecule has 0 fully saturated rings. The van der Waals surface area contributed by atoms with Crippen LogP contribution in [0.25, 0.3) is 0 Å². The molecule has 0 radical (unpaired) electrons. The first kappa shape index (κ1) is 20.5. The third-order valence-corrected chi connectivity index (χ3v) is 4.37. The Labute approximate surface area is 150 Å². The van der Waals surface area contributed by atoms with Gasteiger partial charge in [0.25, 0.3) is 0 Å². The summed E-state index contributed by atoms with van der Waals surface area (Å²) in [6.07, 6.45) is 4.98. The fourth-order valence-corrected chi connectivity index (χ4v) is 2.98. The van der Waals surface area contributed by atoms with Crippen LogP contribution in [-0.2, 0) is 6.42 Å². The highest BCUT2D eigenvalue weighted by Gasteiger charge is 2.09. The van der Waals surface area contributed by atoms with E-state index in [1.54, 1.807) is 0 Å². The molecule has 0 saturated carbocycles. The fraction of sp³-hybridized carbons (Fsp3) is 0.500. The van der Waals surface area contributed by atoms with E-state index in [1.807, 2.05) is 0 Å². The van der Waals surface area contributed by atoms with Crippen molar-refractivity contribution in [1.82, 2.24) is 0 Å². The fourth-order valence-electron chi connectivity index (χ4n) is 2.98. The van der Waals surface area contributed by atoms with Crippen molar-refractivity contribution >= 4 is 0 Å². The van der Waals surface area contributed by atoms with Gasteiger partial charge in [-0.15, -0.1) is 0 Å². The minimum atomic E-state index is 0.550. The topological polar surface area (TPSA) is 0 Å². The van der Waals surface area contributed by atoms with Crippen LogP contribution in [-0.4, -0.2) is 0 Å². The first-order valence-electron chi connectivity index (χ1n) is 9.46. The normalized spacial score (nSPS) is 12.2. The standard InChI is InChI=1S/C17H20.C7H16/c1-3-16(17-7-5-4-6-8-17)13-15-11-9-14(2)10-12-15;1-5-6-7(2,3)4/h4-12,16H,3,13H2,1-2H3;5-6H2,1-4H3. The lowest BCUT2D eigenvalue weighted by molar-refractivity contribution is 0.373. The molecule has 0 saturated heterocycles. The Morgan fingerprint density at radius 3 is 1.83 bits per heavy atom. The predicted molar refractivity (Wildman–Crippen MR) is 109 cm³/mol. The van der Waals surface area contributed by atoms with Crippen molar-refractivity contribution in [1.29, 1.82) is 0 Å². The lowest BCUT2D eigenvalue weighted by Crippen LogP contribution is -2.02. The summed E-state index contributed by atoms with van der Waals surface area (Å²) in [6, 6.07) is 19.7. The number of aryl methyl sites for hydroxylation is 1. The van der Waals surface area contributed by atoms with Crippen molar-refractivity contribution in [3.8, 4) is 0 Å². The summed E-state index contributed by atoms with van der Waals surface area (Å²) >= 11 is 0. The number of hydrogen-bond acceptors (Lipinski definition) is 0. The van der Waals surface area contributed by atoms with E-state index in [4.69, 9.17) is 0 Å². The molecular formula is C24H36. The molecule has 0 aliphatic carbocycles. The van der Waals surface area contributed by atoms with Gasteiger partial charge in [-0.05, 0) is 48.6 Å². The second-order valence-corrected chi connectivity index (χ2v) is 8.02. The zero-order valence-electron chi connectivity index (χ0n) is 16.6. The van der Waals surface area contributed by atoms with Gasteiger partial charge in [0.15, 0.2) is 0 Å². The van der Waals surface area contributed by atoms with Gasteiger partial charge in [0.2, 0.25) is 0 Å².